The highest BCUT2D eigenvalue weighted by Crippen LogP contribution is 2.29. The molecule has 0 aliphatic carbocycles. The molecule has 29 heavy (non-hydrogen) atoms. The van der Waals surface area contributed by atoms with Gasteiger partial charge in [0.25, 0.3) is 0 Å². The number of rotatable bonds is 8. The molecule has 0 radical (unpaired) electrons. The standard InChI is InChI=1S/C21H21ClN2O4S/c1-27-21-12-16(13-24-18-7-9-19(10-8-18)29(23,25)26)4-11-20(21)28-14-15-2-5-17(22)6-3-15/h2-12,24H,13-14H2,1H3,(H2,23,25,26). The van der Waals surface area contributed by atoms with Crippen LogP contribution in [0.2, 0.25) is 5.02 Å². The van der Waals surface area contributed by atoms with Gasteiger partial charge >= 0.3 is 0 Å². The maximum Gasteiger partial charge on any atom is 0.238 e. The van der Waals surface area contributed by atoms with E-state index in [4.69, 9.17) is 26.2 Å². The van der Waals surface area contributed by atoms with Crippen molar-refractivity contribution in [1.82, 2.24) is 0 Å². The molecule has 6 nitrogen and oxygen atoms in total. The fourth-order valence-corrected chi connectivity index (χ4v) is 3.29. The van der Waals surface area contributed by atoms with Crippen molar-refractivity contribution in [3.05, 3.63) is 82.9 Å². The number of hydrogen-bond donors (Lipinski definition) is 2. The molecule has 0 amide bonds. The van der Waals surface area contributed by atoms with Crippen molar-refractivity contribution in [1.29, 1.82) is 0 Å². The number of primary sulfonamides is 1. The maximum absolute atomic E-state index is 11.3. The summed E-state index contributed by atoms with van der Waals surface area (Å²) in [4.78, 5) is 0.0758. The van der Waals surface area contributed by atoms with Crippen LogP contribution in [0.3, 0.4) is 0 Å². The van der Waals surface area contributed by atoms with E-state index in [1.54, 1.807) is 19.2 Å². The third-order valence-corrected chi connectivity index (χ3v) is 5.40. The summed E-state index contributed by atoms with van der Waals surface area (Å²) in [5.41, 5.74) is 2.76. The summed E-state index contributed by atoms with van der Waals surface area (Å²) in [5.74, 6) is 1.27. The van der Waals surface area contributed by atoms with Crippen LogP contribution in [0.15, 0.2) is 71.6 Å². The Labute approximate surface area is 175 Å². The molecule has 0 heterocycles. The molecule has 0 bridgehead atoms. The number of halogens is 1. The van der Waals surface area contributed by atoms with Crippen molar-refractivity contribution >= 4 is 27.3 Å². The van der Waals surface area contributed by atoms with Gasteiger partial charge in [-0.05, 0) is 59.7 Å². The van der Waals surface area contributed by atoms with Crippen molar-refractivity contribution in [3.8, 4) is 11.5 Å². The van der Waals surface area contributed by atoms with E-state index in [0.717, 1.165) is 16.8 Å². The highest BCUT2D eigenvalue weighted by atomic mass is 35.5. The summed E-state index contributed by atoms with van der Waals surface area (Å²) < 4.78 is 33.9. The maximum atomic E-state index is 11.3. The van der Waals surface area contributed by atoms with Crippen molar-refractivity contribution in [2.24, 2.45) is 5.14 Å². The fourth-order valence-electron chi connectivity index (χ4n) is 2.65. The van der Waals surface area contributed by atoms with Crippen LogP contribution in [-0.4, -0.2) is 15.5 Å². The molecule has 0 fully saturated rings. The number of anilines is 1. The van der Waals surface area contributed by atoms with E-state index < -0.39 is 10.0 Å². The van der Waals surface area contributed by atoms with Gasteiger partial charge in [-0.25, -0.2) is 13.6 Å². The fraction of sp³-hybridized carbons (Fsp3) is 0.143. The lowest BCUT2D eigenvalue weighted by Crippen LogP contribution is -2.12. The molecule has 0 saturated carbocycles. The molecule has 0 saturated heterocycles. The first kappa shape index (κ1) is 21.0. The average Bonchev–Trinajstić information content (AvgIpc) is 2.71. The predicted molar refractivity (Wildman–Crippen MR) is 114 cm³/mol. The Morgan fingerprint density at radius 2 is 1.59 bits per heavy atom. The lowest BCUT2D eigenvalue weighted by molar-refractivity contribution is 0.284. The van der Waals surface area contributed by atoms with Gasteiger partial charge in [0, 0.05) is 17.3 Å². The molecule has 0 aromatic heterocycles. The smallest absolute Gasteiger partial charge is 0.238 e. The van der Waals surface area contributed by atoms with Crippen molar-refractivity contribution in [2.45, 2.75) is 18.0 Å². The number of benzene rings is 3. The molecule has 0 aliphatic heterocycles. The molecule has 0 aliphatic rings. The Balaban J connectivity index is 1.63. The van der Waals surface area contributed by atoms with E-state index in [1.165, 1.54) is 12.1 Å². The van der Waals surface area contributed by atoms with Gasteiger partial charge < -0.3 is 14.8 Å². The number of methoxy groups -OCH3 is 1. The number of nitrogens with two attached hydrogens (primary N) is 1. The van der Waals surface area contributed by atoms with Gasteiger partial charge in [0.15, 0.2) is 11.5 Å². The molecular weight excluding hydrogens is 412 g/mol. The molecule has 3 aromatic rings. The molecule has 0 unspecified atom stereocenters. The van der Waals surface area contributed by atoms with Gasteiger partial charge in [-0.1, -0.05) is 29.8 Å². The SMILES string of the molecule is COc1cc(CNc2ccc(S(N)(=O)=O)cc2)ccc1OCc1ccc(Cl)cc1. The van der Waals surface area contributed by atoms with Crippen molar-refractivity contribution in [3.63, 3.8) is 0 Å². The lowest BCUT2D eigenvalue weighted by atomic mass is 10.2. The van der Waals surface area contributed by atoms with Gasteiger partial charge in [0.05, 0.1) is 12.0 Å². The van der Waals surface area contributed by atoms with E-state index in [2.05, 4.69) is 5.32 Å². The van der Waals surface area contributed by atoms with Crippen LogP contribution in [0.5, 0.6) is 11.5 Å². The first-order valence-electron chi connectivity index (χ1n) is 8.76. The van der Waals surface area contributed by atoms with Crippen LogP contribution in [0, 0.1) is 0 Å². The zero-order valence-electron chi connectivity index (χ0n) is 15.8. The summed E-state index contributed by atoms with van der Waals surface area (Å²) in [7, 11) is -2.10. The Bertz CT molecular complexity index is 1070. The van der Waals surface area contributed by atoms with Crippen LogP contribution >= 0.6 is 11.6 Å². The van der Waals surface area contributed by atoms with Gasteiger partial charge in [-0.2, -0.15) is 0 Å². The summed E-state index contributed by atoms with van der Waals surface area (Å²) in [5, 5.41) is 9.02. The van der Waals surface area contributed by atoms with Crippen molar-refractivity contribution < 1.29 is 17.9 Å². The minimum Gasteiger partial charge on any atom is -0.493 e. The minimum absolute atomic E-state index is 0.0758. The minimum atomic E-state index is -3.69. The molecule has 3 N–H and O–H groups in total. The Hall–Kier alpha value is -2.74. The van der Waals surface area contributed by atoms with Gasteiger partial charge in [0.1, 0.15) is 6.61 Å². The summed E-state index contributed by atoms with van der Waals surface area (Å²) in [6.07, 6.45) is 0. The zero-order chi connectivity index (χ0) is 20.9. The molecule has 0 atom stereocenters. The normalized spacial score (nSPS) is 11.1. The second-order valence-electron chi connectivity index (χ2n) is 6.32. The second kappa shape index (κ2) is 9.17. The topological polar surface area (TPSA) is 90.6 Å². The third kappa shape index (κ3) is 5.87. The number of ether oxygens (including phenoxy) is 2. The van der Waals surface area contributed by atoms with Crippen molar-refractivity contribution in [2.75, 3.05) is 12.4 Å². The number of hydrogen-bond acceptors (Lipinski definition) is 5. The van der Waals surface area contributed by atoms with E-state index in [1.807, 2.05) is 42.5 Å². The Kier molecular flexibility index (Phi) is 6.64. The summed E-state index contributed by atoms with van der Waals surface area (Å²) >= 11 is 5.90. The largest absolute Gasteiger partial charge is 0.493 e. The quantitative estimate of drug-likeness (QED) is 0.557. The molecule has 8 heteroatoms. The number of sulfonamides is 1. The Morgan fingerprint density at radius 1 is 0.931 bits per heavy atom. The van der Waals surface area contributed by atoms with Gasteiger partial charge in [-0.15, -0.1) is 0 Å². The lowest BCUT2D eigenvalue weighted by Gasteiger charge is -2.13. The second-order valence-corrected chi connectivity index (χ2v) is 8.32. The van der Waals surface area contributed by atoms with E-state index in [-0.39, 0.29) is 4.90 Å². The molecule has 3 rings (SSSR count). The Morgan fingerprint density at radius 3 is 2.21 bits per heavy atom. The van der Waals surface area contributed by atoms with Crippen LogP contribution in [0.1, 0.15) is 11.1 Å². The molecule has 3 aromatic carbocycles. The highest BCUT2D eigenvalue weighted by molar-refractivity contribution is 7.89. The highest BCUT2D eigenvalue weighted by Gasteiger charge is 2.08. The molecule has 152 valence electrons. The molecular formula is C21H21ClN2O4S. The summed E-state index contributed by atoms with van der Waals surface area (Å²) in [6.45, 7) is 0.935. The number of nitrogens with one attached hydrogen (secondary N) is 1. The van der Waals surface area contributed by atoms with Gasteiger partial charge in [-0.3, -0.25) is 0 Å². The monoisotopic (exact) mass is 432 g/mol. The van der Waals surface area contributed by atoms with Crippen LogP contribution in [0.4, 0.5) is 5.69 Å². The van der Waals surface area contributed by atoms with E-state index in [9.17, 15) is 8.42 Å². The van der Waals surface area contributed by atoms with Crippen LogP contribution in [-0.2, 0) is 23.2 Å². The third-order valence-electron chi connectivity index (χ3n) is 4.22. The van der Waals surface area contributed by atoms with Crippen LogP contribution < -0.4 is 19.9 Å². The van der Waals surface area contributed by atoms with Crippen LogP contribution in [0.25, 0.3) is 0 Å². The van der Waals surface area contributed by atoms with E-state index in [0.29, 0.717) is 29.7 Å². The van der Waals surface area contributed by atoms with Gasteiger partial charge in [0.2, 0.25) is 10.0 Å². The zero-order valence-corrected chi connectivity index (χ0v) is 17.3. The average molecular weight is 433 g/mol. The predicted octanol–water partition coefficient (Wildman–Crippen LogP) is 4.19. The molecule has 0 spiro atoms. The first-order valence-corrected chi connectivity index (χ1v) is 10.7. The first-order chi connectivity index (χ1) is 13.8. The van der Waals surface area contributed by atoms with E-state index >= 15 is 0 Å². The summed E-state index contributed by atoms with van der Waals surface area (Å²) in [6, 6.07) is 19.4.